The number of carbonyl (C=O) groups is 2. The monoisotopic (exact) mass is 548 g/mol. The number of hydrogen-bond acceptors (Lipinski definition) is 6. The maximum atomic E-state index is 12.8. The zero-order valence-electron chi connectivity index (χ0n) is 20.1. The lowest BCUT2D eigenvalue weighted by atomic mass is 10.1. The van der Waals surface area contributed by atoms with E-state index in [4.69, 9.17) is 37.4 Å². The van der Waals surface area contributed by atoms with E-state index >= 15 is 0 Å². The first-order chi connectivity index (χ1) is 18.4. The summed E-state index contributed by atoms with van der Waals surface area (Å²) in [6.07, 6.45) is 0.0877. The summed E-state index contributed by atoms with van der Waals surface area (Å²) in [5.74, 6) is 0.0537. The number of hydrogen-bond donors (Lipinski definition) is 1. The highest BCUT2D eigenvalue weighted by Gasteiger charge is 2.22. The minimum absolute atomic E-state index is 0.378. The van der Waals surface area contributed by atoms with Gasteiger partial charge in [0.15, 0.2) is 0 Å². The summed E-state index contributed by atoms with van der Waals surface area (Å²) < 4.78 is 16.9. The van der Waals surface area contributed by atoms with E-state index in [1.165, 1.54) is 6.21 Å². The van der Waals surface area contributed by atoms with Gasteiger partial charge in [-0.25, -0.2) is 10.2 Å². The SMILES string of the molecule is Cc1ccccc1C(=O)Oc1ccc(/C=N\NC(=O)C(Oc2ccc(Cl)cc2)Oc2ccc(Cl)cc2)cc1. The number of aryl methyl sites for hydroxylation is 1. The van der Waals surface area contributed by atoms with Gasteiger partial charge in [-0.05, 0) is 96.9 Å². The zero-order chi connectivity index (χ0) is 26.9. The van der Waals surface area contributed by atoms with E-state index < -0.39 is 18.2 Å². The van der Waals surface area contributed by atoms with Crippen molar-refractivity contribution in [1.29, 1.82) is 0 Å². The van der Waals surface area contributed by atoms with Crippen LogP contribution < -0.4 is 19.6 Å². The largest absolute Gasteiger partial charge is 0.446 e. The molecule has 192 valence electrons. The van der Waals surface area contributed by atoms with Crippen molar-refractivity contribution in [2.45, 2.75) is 13.2 Å². The van der Waals surface area contributed by atoms with Crippen molar-refractivity contribution in [3.8, 4) is 17.2 Å². The number of rotatable bonds is 9. The summed E-state index contributed by atoms with van der Waals surface area (Å²) in [7, 11) is 0. The van der Waals surface area contributed by atoms with Crippen molar-refractivity contribution in [3.05, 3.63) is 124 Å². The standard InChI is InChI=1S/C29H22Cl2N2O5/c1-19-4-2-3-5-26(19)28(35)36-23-12-6-20(7-13-23)18-32-33-27(34)29(37-24-14-8-21(30)9-15-24)38-25-16-10-22(31)11-17-25/h2-18,29H,1H3,(H,33,34)/b32-18-. The molecule has 0 atom stereocenters. The molecular formula is C29H22Cl2N2O5. The van der Waals surface area contributed by atoms with Crippen LogP contribution in [-0.2, 0) is 4.79 Å². The van der Waals surface area contributed by atoms with Crippen LogP contribution in [0, 0.1) is 6.92 Å². The Morgan fingerprint density at radius 1 is 0.763 bits per heavy atom. The molecule has 0 fully saturated rings. The number of carbonyl (C=O) groups excluding carboxylic acids is 2. The van der Waals surface area contributed by atoms with Crippen molar-refractivity contribution in [2.24, 2.45) is 5.10 Å². The third-order valence-electron chi connectivity index (χ3n) is 5.17. The van der Waals surface area contributed by atoms with E-state index in [2.05, 4.69) is 10.5 Å². The lowest BCUT2D eigenvalue weighted by molar-refractivity contribution is -0.140. The Morgan fingerprint density at radius 2 is 1.29 bits per heavy atom. The minimum Gasteiger partial charge on any atom is -0.446 e. The fourth-order valence-electron chi connectivity index (χ4n) is 3.21. The first-order valence-corrected chi connectivity index (χ1v) is 12.2. The van der Waals surface area contributed by atoms with Crippen molar-refractivity contribution in [3.63, 3.8) is 0 Å². The van der Waals surface area contributed by atoms with Gasteiger partial charge in [0.05, 0.1) is 11.8 Å². The second kappa shape index (κ2) is 12.8. The molecule has 0 aliphatic carbocycles. The van der Waals surface area contributed by atoms with Crippen LogP contribution in [0.25, 0.3) is 0 Å². The number of benzene rings is 4. The average molecular weight is 549 g/mol. The minimum atomic E-state index is -1.35. The highest BCUT2D eigenvalue weighted by Crippen LogP contribution is 2.21. The van der Waals surface area contributed by atoms with Crippen molar-refractivity contribution < 1.29 is 23.8 Å². The van der Waals surface area contributed by atoms with Crippen LogP contribution in [-0.4, -0.2) is 24.4 Å². The smallest absolute Gasteiger partial charge is 0.343 e. The van der Waals surface area contributed by atoms with Crippen molar-refractivity contribution >= 4 is 41.3 Å². The molecule has 7 nitrogen and oxygen atoms in total. The number of halogens is 2. The lowest BCUT2D eigenvalue weighted by Gasteiger charge is -2.19. The predicted molar refractivity (Wildman–Crippen MR) is 146 cm³/mol. The molecule has 4 rings (SSSR count). The third-order valence-corrected chi connectivity index (χ3v) is 5.68. The van der Waals surface area contributed by atoms with E-state index in [0.717, 1.165) is 5.56 Å². The van der Waals surface area contributed by atoms with E-state index in [1.807, 2.05) is 19.1 Å². The molecule has 9 heteroatoms. The van der Waals surface area contributed by atoms with E-state index in [0.29, 0.717) is 38.4 Å². The van der Waals surface area contributed by atoms with Crippen molar-refractivity contribution in [1.82, 2.24) is 5.43 Å². The molecule has 0 aliphatic heterocycles. The zero-order valence-corrected chi connectivity index (χ0v) is 21.6. The molecule has 4 aromatic carbocycles. The van der Waals surface area contributed by atoms with Crippen LogP contribution in [0.4, 0.5) is 0 Å². The number of nitrogens with zero attached hydrogens (tertiary/aromatic N) is 1. The molecule has 38 heavy (non-hydrogen) atoms. The van der Waals surface area contributed by atoms with Gasteiger partial charge in [0, 0.05) is 10.0 Å². The molecular weight excluding hydrogens is 527 g/mol. The summed E-state index contributed by atoms with van der Waals surface area (Å²) in [6.45, 7) is 1.84. The van der Waals surface area contributed by atoms with Gasteiger partial charge in [-0.15, -0.1) is 0 Å². The van der Waals surface area contributed by atoms with Gasteiger partial charge in [-0.2, -0.15) is 5.10 Å². The Morgan fingerprint density at radius 3 is 1.84 bits per heavy atom. The Kier molecular flexibility index (Phi) is 8.98. The van der Waals surface area contributed by atoms with Gasteiger partial charge in [0.1, 0.15) is 17.2 Å². The molecule has 0 saturated heterocycles. The maximum Gasteiger partial charge on any atom is 0.343 e. The molecule has 0 aromatic heterocycles. The summed E-state index contributed by atoms with van der Waals surface area (Å²) in [5, 5.41) is 5.04. The Hall–Kier alpha value is -4.33. The first kappa shape index (κ1) is 26.7. The van der Waals surface area contributed by atoms with Crippen LogP contribution in [0.15, 0.2) is 102 Å². The van der Waals surface area contributed by atoms with Gasteiger partial charge >= 0.3 is 18.2 Å². The fraction of sp³-hybridized carbons (Fsp3) is 0.0690. The normalized spacial score (nSPS) is 10.8. The van der Waals surface area contributed by atoms with Crippen LogP contribution in [0.3, 0.4) is 0 Å². The molecule has 0 unspecified atom stereocenters. The Balaban J connectivity index is 1.38. The van der Waals surface area contributed by atoms with Crippen LogP contribution in [0.1, 0.15) is 21.5 Å². The van der Waals surface area contributed by atoms with E-state index in [-0.39, 0.29) is 0 Å². The van der Waals surface area contributed by atoms with Crippen LogP contribution >= 0.6 is 23.2 Å². The quantitative estimate of drug-likeness (QED) is 0.0852. The summed E-state index contributed by atoms with van der Waals surface area (Å²) in [6, 6.07) is 26.8. The highest BCUT2D eigenvalue weighted by atomic mass is 35.5. The average Bonchev–Trinajstić information content (AvgIpc) is 2.92. The van der Waals surface area contributed by atoms with Gasteiger partial charge < -0.3 is 14.2 Å². The summed E-state index contributed by atoms with van der Waals surface area (Å²) >= 11 is 11.9. The molecule has 0 heterocycles. The van der Waals surface area contributed by atoms with Crippen LogP contribution in [0.5, 0.6) is 17.2 Å². The molecule has 0 radical (unpaired) electrons. The van der Waals surface area contributed by atoms with E-state index in [1.54, 1.807) is 84.9 Å². The molecule has 0 aliphatic rings. The predicted octanol–water partition coefficient (Wildman–Crippen LogP) is 6.46. The number of ether oxygens (including phenoxy) is 3. The van der Waals surface area contributed by atoms with Crippen LogP contribution in [0.2, 0.25) is 10.0 Å². The van der Waals surface area contributed by atoms with Gasteiger partial charge in [0.25, 0.3) is 0 Å². The molecule has 0 bridgehead atoms. The number of esters is 1. The second-order valence-electron chi connectivity index (χ2n) is 7.98. The molecule has 0 saturated carbocycles. The molecule has 1 N–H and O–H groups in total. The molecule has 1 amide bonds. The second-order valence-corrected chi connectivity index (χ2v) is 8.86. The fourth-order valence-corrected chi connectivity index (χ4v) is 3.47. The van der Waals surface area contributed by atoms with E-state index in [9.17, 15) is 9.59 Å². The Bertz CT molecular complexity index is 1380. The summed E-state index contributed by atoms with van der Waals surface area (Å²) in [5.41, 5.74) is 4.40. The number of amides is 1. The first-order valence-electron chi connectivity index (χ1n) is 11.4. The van der Waals surface area contributed by atoms with Gasteiger partial charge in [-0.1, -0.05) is 41.4 Å². The third kappa shape index (κ3) is 7.59. The van der Waals surface area contributed by atoms with Crippen molar-refractivity contribution in [2.75, 3.05) is 0 Å². The Labute approximate surface area is 229 Å². The van der Waals surface area contributed by atoms with Gasteiger partial charge in [0.2, 0.25) is 0 Å². The lowest BCUT2D eigenvalue weighted by Crippen LogP contribution is -2.40. The number of hydrazone groups is 1. The molecule has 4 aromatic rings. The summed E-state index contributed by atoms with van der Waals surface area (Å²) in [4.78, 5) is 25.2. The maximum absolute atomic E-state index is 12.8. The number of nitrogens with one attached hydrogen (secondary N) is 1. The topological polar surface area (TPSA) is 86.2 Å². The van der Waals surface area contributed by atoms with Gasteiger partial charge in [-0.3, -0.25) is 4.79 Å². The highest BCUT2D eigenvalue weighted by molar-refractivity contribution is 6.30. The molecule has 0 spiro atoms.